The molecule has 10 heteroatoms. The fourth-order valence-corrected chi connectivity index (χ4v) is 3.93. The van der Waals surface area contributed by atoms with Crippen LogP contribution in [-0.2, 0) is 14.3 Å². The molecule has 3 amide bonds. The summed E-state index contributed by atoms with van der Waals surface area (Å²) < 4.78 is 6.40. The van der Waals surface area contributed by atoms with Gasteiger partial charge in [0.15, 0.2) is 5.13 Å². The second kappa shape index (κ2) is 9.29. The normalized spacial score (nSPS) is 16.8. The highest BCUT2D eigenvalue weighted by molar-refractivity contribution is 7.22. The van der Waals surface area contributed by atoms with E-state index in [0.29, 0.717) is 24.5 Å². The smallest absolute Gasteiger partial charge is 0.410 e. The molecule has 1 aromatic heterocycles. The third kappa shape index (κ3) is 6.06. The number of hydrazine groups is 1. The van der Waals surface area contributed by atoms with E-state index >= 15 is 0 Å². The number of hydrogen-bond donors (Lipinski definition) is 3. The number of thiazole rings is 1. The third-order valence-corrected chi connectivity index (χ3v) is 5.46. The Labute approximate surface area is 179 Å². The molecule has 3 N–H and O–H groups in total. The minimum atomic E-state index is -0.587. The first-order valence-electron chi connectivity index (χ1n) is 9.87. The van der Waals surface area contributed by atoms with Crippen molar-refractivity contribution in [3.05, 3.63) is 24.3 Å². The molecule has 0 bridgehead atoms. The maximum atomic E-state index is 12.4. The van der Waals surface area contributed by atoms with Crippen molar-refractivity contribution >= 4 is 44.6 Å². The Morgan fingerprint density at radius 3 is 2.73 bits per heavy atom. The molecule has 1 saturated heterocycles. The molecule has 0 aliphatic carbocycles. The minimum absolute atomic E-state index is 0.0190. The van der Waals surface area contributed by atoms with Crippen molar-refractivity contribution < 1.29 is 19.1 Å². The van der Waals surface area contributed by atoms with Crippen LogP contribution in [0.4, 0.5) is 9.93 Å². The van der Waals surface area contributed by atoms with E-state index in [1.165, 1.54) is 16.2 Å². The van der Waals surface area contributed by atoms with Crippen LogP contribution in [0.1, 0.15) is 33.6 Å². The van der Waals surface area contributed by atoms with Gasteiger partial charge in [0.25, 0.3) is 5.91 Å². The predicted molar refractivity (Wildman–Crippen MR) is 115 cm³/mol. The number of fused-ring (bicyclic) bond motifs is 1. The summed E-state index contributed by atoms with van der Waals surface area (Å²) in [6.45, 7) is 6.21. The Morgan fingerprint density at radius 2 is 2.00 bits per heavy atom. The molecule has 0 spiro atoms. The number of amides is 3. The van der Waals surface area contributed by atoms with Gasteiger partial charge in [0.1, 0.15) is 5.60 Å². The quantitative estimate of drug-likeness (QED) is 0.639. The molecule has 0 saturated carbocycles. The summed E-state index contributed by atoms with van der Waals surface area (Å²) in [6.07, 6.45) is 0.916. The summed E-state index contributed by atoms with van der Waals surface area (Å²) in [5.41, 5.74) is 5.14. The van der Waals surface area contributed by atoms with Gasteiger partial charge in [0.2, 0.25) is 5.91 Å². The van der Waals surface area contributed by atoms with Gasteiger partial charge < -0.3 is 15.0 Å². The van der Waals surface area contributed by atoms with Crippen LogP contribution in [0.2, 0.25) is 0 Å². The molecular weight excluding hydrogens is 406 g/mol. The highest BCUT2D eigenvalue weighted by Gasteiger charge is 2.31. The zero-order valence-corrected chi connectivity index (χ0v) is 18.2. The zero-order valence-electron chi connectivity index (χ0n) is 17.4. The molecule has 1 atom stereocenters. The van der Waals surface area contributed by atoms with Gasteiger partial charge in [-0.2, -0.15) is 0 Å². The molecule has 1 aliphatic rings. The fourth-order valence-electron chi connectivity index (χ4n) is 3.06. The fraction of sp³-hybridized carbons (Fsp3) is 0.500. The highest BCUT2D eigenvalue weighted by Crippen LogP contribution is 2.25. The number of rotatable bonds is 4. The SMILES string of the molecule is CC(C)(C)OC(=O)N1CCCC(C(=O)NNC(=O)CNc2nc3ccccc3s2)C1. The number of nitrogens with zero attached hydrogens (tertiary/aromatic N) is 2. The van der Waals surface area contributed by atoms with Crippen LogP contribution in [0, 0.1) is 5.92 Å². The van der Waals surface area contributed by atoms with E-state index in [2.05, 4.69) is 21.2 Å². The Kier molecular flexibility index (Phi) is 6.76. The maximum absolute atomic E-state index is 12.4. The molecule has 30 heavy (non-hydrogen) atoms. The monoisotopic (exact) mass is 433 g/mol. The number of benzene rings is 1. The van der Waals surface area contributed by atoms with Crippen LogP contribution in [0.5, 0.6) is 0 Å². The van der Waals surface area contributed by atoms with Crippen LogP contribution < -0.4 is 16.2 Å². The first-order valence-corrected chi connectivity index (χ1v) is 10.7. The zero-order chi connectivity index (χ0) is 21.7. The topological polar surface area (TPSA) is 113 Å². The van der Waals surface area contributed by atoms with Crippen molar-refractivity contribution in [2.45, 2.75) is 39.2 Å². The van der Waals surface area contributed by atoms with Crippen molar-refractivity contribution in [1.82, 2.24) is 20.7 Å². The molecule has 1 aromatic carbocycles. The summed E-state index contributed by atoms with van der Waals surface area (Å²) in [7, 11) is 0. The Morgan fingerprint density at radius 1 is 1.23 bits per heavy atom. The van der Waals surface area contributed by atoms with Gasteiger partial charge >= 0.3 is 6.09 Å². The van der Waals surface area contributed by atoms with Gasteiger partial charge in [0, 0.05) is 13.1 Å². The van der Waals surface area contributed by atoms with E-state index in [-0.39, 0.29) is 24.9 Å². The molecule has 162 valence electrons. The molecular formula is C20H27N5O4S. The van der Waals surface area contributed by atoms with E-state index < -0.39 is 17.6 Å². The lowest BCUT2D eigenvalue weighted by Crippen LogP contribution is -2.51. The molecule has 3 rings (SSSR count). The summed E-state index contributed by atoms with van der Waals surface area (Å²) in [6, 6.07) is 7.70. The number of ether oxygens (including phenoxy) is 1. The highest BCUT2D eigenvalue weighted by atomic mass is 32.1. The van der Waals surface area contributed by atoms with E-state index in [1.54, 1.807) is 20.8 Å². The number of aromatic nitrogens is 1. The molecule has 1 fully saturated rings. The average Bonchev–Trinajstić information content (AvgIpc) is 3.12. The Balaban J connectivity index is 1.42. The van der Waals surface area contributed by atoms with Crippen molar-refractivity contribution in [3.63, 3.8) is 0 Å². The first kappa shape index (κ1) is 21.8. The second-order valence-corrected chi connectivity index (χ2v) is 9.17. The number of hydrogen-bond acceptors (Lipinski definition) is 7. The predicted octanol–water partition coefficient (Wildman–Crippen LogP) is 2.50. The van der Waals surface area contributed by atoms with Crippen molar-refractivity contribution in [2.75, 3.05) is 25.0 Å². The minimum Gasteiger partial charge on any atom is -0.444 e. The van der Waals surface area contributed by atoms with Crippen molar-refractivity contribution in [1.29, 1.82) is 0 Å². The summed E-state index contributed by atoms with van der Waals surface area (Å²) in [4.78, 5) is 42.6. The molecule has 1 aliphatic heterocycles. The number of carbonyl (C=O) groups excluding carboxylic acids is 3. The number of likely N-dealkylation sites (tertiary alicyclic amines) is 1. The van der Waals surface area contributed by atoms with E-state index in [0.717, 1.165) is 10.2 Å². The summed E-state index contributed by atoms with van der Waals surface area (Å²) in [5.74, 6) is -1.11. The molecule has 9 nitrogen and oxygen atoms in total. The van der Waals surface area contributed by atoms with Gasteiger partial charge in [-0.3, -0.25) is 20.4 Å². The lowest BCUT2D eigenvalue weighted by atomic mass is 9.98. The van der Waals surface area contributed by atoms with Crippen LogP contribution in [0.25, 0.3) is 10.2 Å². The molecule has 2 heterocycles. The van der Waals surface area contributed by atoms with Gasteiger partial charge in [-0.25, -0.2) is 9.78 Å². The van der Waals surface area contributed by atoms with E-state index in [4.69, 9.17) is 4.74 Å². The third-order valence-electron chi connectivity index (χ3n) is 4.46. The lowest BCUT2D eigenvalue weighted by Gasteiger charge is -2.33. The van der Waals surface area contributed by atoms with Crippen LogP contribution in [0.3, 0.4) is 0 Å². The number of para-hydroxylation sites is 1. The van der Waals surface area contributed by atoms with Crippen LogP contribution in [-0.4, -0.2) is 53.0 Å². The first-order chi connectivity index (χ1) is 14.2. The average molecular weight is 434 g/mol. The molecule has 2 aromatic rings. The summed E-state index contributed by atoms with van der Waals surface area (Å²) >= 11 is 1.45. The van der Waals surface area contributed by atoms with Crippen molar-refractivity contribution in [2.24, 2.45) is 5.92 Å². The van der Waals surface area contributed by atoms with Gasteiger partial charge in [-0.15, -0.1) is 0 Å². The van der Waals surface area contributed by atoms with Gasteiger partial charge in [-0.1, -0.05) is 23.5 Å². The number of carbonyl (C=O) groups is 3. The maximum Gasteiger partial charge on any atom is 0.410 e. The standard InChI is InChI=1S/C20H27N5O4S/c1-20(2,3)29-19(28)25-10-6-7-13(12-25)17(27)24-23-16(26)11-21-18-22-14-8-4-5-9-15(14)30-18/h4-5,8-9,13H,6-7,10-12H2,1-3H3,(H,21,22)(H,23,26)(H,24,27). The van der Waals surface area contributed by atoms with Crippen molar-refractivity contribution in [3.8, 4) is 0 Å². The number of piperidine rings is 1. The Hall–Kier alpha value is -2.88. The van der Waals surface area contributed by atoms with Crippen LogP contribution >= 0.6 is 11.3 Å². The Bertz CT molecular complexity index is 890. The lowest BCUT2D eigenvalue weighted by molar-refractivity contribution is -0.131. The molecule has 0 radical (unpaired) electrons. The summed E-state index contributed by atoms with van der Waals surface area (Å²) in [5, 5.41) is 3.59. The molecule has 1 unspecified atom stereocenters. The van der Waals surface area contributed by atoms with Gasteiger partial charge in [-0.05, 0) is 45.7 Å². The number of anilines is 1. The van der Waals surface area contributed by atoms with E-state index in [1.807, 2.05) is 24.3 Å². The van der Waals surface area contributed by atoms with E-state index in [9.17, 15) is 14.4 Å². The largest absolute Gasteiger partial charge is 0.444 e. The second-order valence-electron chi connectivity index (χ2n) is 8.14. The number of nitrogens with one attached hydrogen (secondary N) is 3. The van der Waals surface area contributed by atoms with Gasteiger partial charge in [0.05, 0.1) is 22.7 Å². The van der Waals surface area contributed by atoms with Crippen LogP contribution in [0.15, 0.2) is 24.3 Å².